The van der Waals surface area contributed by atoms with Gasteiger partial charge < -0.3 is 10.2 Å². The van der Waals surface area contributed by atoms with Crippen LogP contribution >= 0.6 is 0 Å². The van der Waals surface area contributed by atoms with Gasteiger partial charge in [0.1, 0.15) is 0 Å². The predicted molar refractivity (Wildman–Crippen MR) is 121 cm³/mol. The van der Waals surface area contributed by atoms with Crippen LogP contribution in [0.2, 0.25) is 0 Å². The third-order valence-electron chi connectivity index (χ3n) is 5.55. The third kappa shape index (κ3) is 7.02. The predicted octanol–water partition coefficient (Wildman–Crippen LogP) is 4.50. The first-order valence-electron chi connectivity index (χ1n) is 10.9. The van der Waals surface area contributed by atoms with Gasteiger partial charge >= 0.3 is 6.18 Å². The van der Waals surface area contributed by atoms with E-state index in [1.807, 2.05) is 0 Å². The molecule has 1 unspecified atom stereocenters. The van der Waals surface area contributed by atoms with Crippen LogP contribution in [-0.4, -0.2) is 44.9 Å². The van der Waals surface area contributed by atoms with Gasteiger partial charge in [-0.15, -0.1) is 0 Å². The first kappa shape index (κ1) is 25.2. The van der Waals surface area contributed by atoms with Crippen molar-refractivity contribution in [2.45, 2.75) is 49.7 Å². The number of alkyl halides is 3. The molecule has 2 N–H and O–H groups in total. The van der Waals surface area contributed by atoms with E-state index in [1.54, 1.807) is 0 Å². The van der Waals surface area contributed by atoms with E-state index in [9.17, 15) is 26.4 Å². The number of nitrogens with one attached hydrogen (secondary N) is 2. The lowest BCUT2D eigenvalue weighted by Gasteiger charge is -2.17. The number of rotatable bonds is 9. The van der Waals surface area contributed by atoms with Gasteiger partial charge in [-0.05, 0) is 68.4 Å². The van der Waals surface area contributed by atoms with Crippen LogP contribution in [0, 0.1) is 0 Å². The number of benzene rings is 2. The van der Waals surface area contributed by atoms with Gasteiger partial charge in [-0.25, -0.2) is 13.1 Å². The fourth-order valence-corrected chi connectivity index (χ4v) is 5.06. The van der Waals surface area contributed by atoms with Gasteiger partial charge in [0.25, 0.3) is 5.91 Å². The molecule has 33 heavy (non-hydrogen) atoms. The molecule has 1 heterocycles. The van der Waals surface area contributed by atoms with Crippen molar-refractivity contribution in [2.75, 3.05) is 25.0 Å². The molecule has 180 valence electrons. The van der Waals surface area contributed by atoms with Gasteiger partial charge in [0.05, 0.1) is 10.5 Å². The lowest BCUT2D eigenvalue weighted by atomic mass is 10.2. The van der Waals surface area contributed by atoms with Crippen LogP contribution in [0.25, 0.3) is 0 Å². The van der Waals surface area contributed by atoms with Gasteiger partial charge in [0.2, 0.25) is 10.0 Å². The smallest absolute Gasteiger partial charge is 0.322 e. The highest BCUT2D eigenvalue weighted by molar-refractivity contribution is 7.89. The highest BCUT2D eigenvalue weighted by Crippen LogP contribution is 2.30. The van der Waals surface area contributed by atoms with Crippen LogP contribution in [0.5, 0.6) is 0 Å². The first-order chi connectivity index (χ1) is 15.6. The zero-order chi connectivity index (χ0) is 24.1. The molecule has 1 amide bonds. The van der Waals surface area contributed by atoms with Gasteiger partial charge in [-0.3, -0.25) is 4.79 Å². The number of carbonyl (C=O) groups excluding carboxylic acids is 1. The summed E-state index contributed by atoms with van der Waals surface area (Å²) < 4.78 is 66.5. The molecule has 0 aliphatic carbocycles. The van der Waals surface area contributed by atoms with Crippen LogP contribution in [0.1, 0.15) is 48.5 Å². The summed E-state index contributed by atoms with van der Waals surface area (Å²) in [6, 6.07) is 9.42. The second kappa shape index (κ2) is 10.7. The van der Waals surface area contributed by atoms with E-state index in [0.29, 0.717) is 6.54 Å². The quantitative estimate of drug-likeness (QED) is 0.515. The molecule has 0 aromatic heterocycles. The molecule has 0 saturated carbocycles. The summed E-state index contributed by atoms with van der Waals surface area (Å²) in [4.78, 5) is 14.7. The second-order valence-corrected chi connectivity index (χ2v) is 9.89. The summed E-state index contributed by atoms with van der Waals surface area (Å²) >= 11 is 0. The van der Waals surface area contributed by atoms with E-state index in [2.05, 4.69) is 21.9 Å². The van der Waals surface area contributed by atoms with Crippen LogP contribution in [0.15, 0.2) is 53.4 Å². The molecule has 2 aromatic rings. The highest BCUT2D eigenvalue weighted by atomic mass is 32.2. The molecule has 0 radical (unpaired) electrons. The summed E-state index contributed by atoms with van der Waals surface area (Å²) in [5.41, 5.74) is -0.561. The number of sulfonamides is 1. The van der Waals surface area contributed by atoms with Crippen molar-refractivity contribution in [3.63, 3.8) is 0 Å². The Bertz CT molecular complexity index is 1060. The van der Waals surface area contributed by atoms with Crippen molar-refractivity contribution in [2.24, 2.45) is 0 Å². The van der Waals surface area contributed by atoms with Gasteiger partial charge in [-0.1, -0.05) is 25.8 Å². The van der Waals surface area contributed by atoms with Crippen molar-refractivity contribution in [3.05, 3.63) is 59.7 Å². The Morgan fingerprint density at radius 2 is 1.85 bits per heavy atom. The minimum absolute atomic E-state index is 0.0352. The SMILES string of the molecule is CCCCCN1CCC(NS(=O)(=O)c2cccc(C(=O)Nc3ccc(C(F)(F)F)cc3)c2)C1. The molecule has 2 aromatic carbocycles. The zero-order valence-corrected chi connectivity index (χ0v) is 19.2. The lowest BCUT2D eigenvalue weighted by molar-refractivity contribution is -0.137. The number of halogens is 3. The number of likely N-dealkylation sites (tertiary alicyclic amines) is 1. The number of hydrogen-bond acceptors (Lipinski definition) is 4. The Kier molecular flexibility index (Phi) is 8.14. The van der Waals surface area contributed by atoms with E-state index in [-0.39, 0.29) is 22.2 Å². The molecule has 1 aliphatic heterocycles. The maximum Gasteiger partial charge on any atom is 0.416 e. The van der Waals surface area contributed by atoms with Gasteiger partial charge in [0, 0.05) is 23.8 Å². The number of amides is 1. The van der Waals surface area contributed by atoms with Crippen molar-refractivity contribution in [1.29, 1.82) is 0 Å². The fourth-order valence-electron chi connectivity index (χ4n) is 3.76. The maximum absolute atomic E-state index is 12.9. The van der Waals surface area contributed by atoms with Crippen molar-refractivity contribution < 1.29 is 26.4 Å². The lowest BCUT2D eigenvalue weighted by Crippen LogP contribution is -2.37. The molecule has 1 fully saturated rings. The van der Waals surface area contributed by atoms with E-state index in [4.69, 9.17) is 0 Å². The number of nitrogens with zero attached hydrogens (tertiary/aromatic N) is 1. The van der Waals surface area contributed by atoms with Crippen molar-refractivity contribution in [1.82, 2.24) is 9.62 Å². The molecule has 6 nitrogen and oxygen atoms in total. The molecule has 0 bridgehead atoms. The third-order valence-corrected chi connectivity index (χ3v) is 7.07. The number of unbranched alkanes of at least 4 members (excludes halogenated alkanes) is 2. The topological polar surface area (TPSA) is 78.5 Å². The summed E-state index contributed by atoms with van der Waals surface area (Å²) in [5.74, 6) is -0.616. The number of hydrogen-bond donors (Lipinski definition) is 2. The van der Waals surface area contributed by atoms with Crippen molar-refractivity contribution in [3.8, 4) is 0 Å². The monoisotopic (exact) mass is 483 g/mol. The summed E-state index contributed by atoms with van der Waals surface area (Å²) in [5, 5.41) is 2.49. The minimum atomic E-state index is -4.47. The normalized spacial score (nSPS) is 17.3. The average molecular weight is 484 g/mol. The van der Waals surface area contributed by atoms with Crippen LogP contribution in [0.3, 0.4) is 0 Å². The molecule has 10 heteroatoms. The highest BCUT2D eigenvalue weighted by Gasteiger charge is 2.30. The Hall–Kier alpha value is -2.43. The number of carbonyl (C=O) groups is 1. The second-order valence-electron chi connectivity index (χ2n) is 8.17. The molecule has 1 saturated heterocycles. The van der Waals surface area contributed by atoms with Crippen LogP contribution in [0.4, 0.5) is 18.9 Å². The molecular formula is C23H28F3N3O3S. The molecule has 3 rings (SSSR count). The Morgan fingerprint density at radius 3 is 2.52 bits per heavy atom. The molecular weight excluding hydrogens is 455 g/mol. The molecule has 1 aliphatic rings. The van der Waals surface area contributed by atoms with E-state index < -0.39 is 27.7 Å². The first-order valence-corrected chi connectivity index (χ1v) is 12.4. The fraction of sp³-hybridized carbons (Fsp3) is 0.435. The molecule has 1 atom stereocenters. The van der Waals surface area contributed by atoms with Crippen LogP contribution in [-0.2, 0) is 16.2 Å². The Morgan fingerprint density at radius 1 is 1.12 bits per heavy atom. The average Bonchev–Trinajstić information content (AvgIpc) is 3.20. The minimum Gasteiger partial charge on any atom is -0.322 e. The van der Waals surface area contributed by atoms with E-state index in [1.165, 1.54) is 24.3 Å². The largest absolute Gasteiger partial charge is 0.416 e. The van der Waals surface area contributed by atoms with Gasteiger partial charge in [0.15, 0.2) is 0 Å². The summed E-state index contributed by atoms with van der Waals surface area (Å²) in [6.07, 6.45) is -0.378. The van der Waals surface area contributed by atoms with Crippen molar-refractivity contribution >= 4 is 21.6 Å². The zero-order valence-electron chi connectivity index (χ0n) is 18.4. The van der Waals surface area contributed by atoms with E-state index >= 15 is 0 Å². The van der Waals surface area contributed by atoms with Crippen LogP contribution < -0.4 is 10.0 Å². The summed E-state index contributed by atoms with van der Waals surface area (Å²) in [6.45, 7) is 4.58. The van der Waals surface area contributed by atoms with Gasteiger partial charge in [-0.2, -0.15) is 13.2 Å². The summed E-state index contributed by atoms with van der Waals surface area (Å²) in [7, 11) is -3.82. The number of anilines is 1. The molecule has 0 spiro atoms. The Balaban J connectivity index is 1.63. The maximum atomic E-state index is 12.9. The Labute approximate surface area is 192 Å². The standard InChI is InChI=1S/C23H28F3N3O3S/c1-2-3-4-13-29-14-12-20(16-29)28-33(31,32)21-7-5-6-17(15-21)22(30)27-19-10-8-18(9-11-19)23(24,25)26/h5-11,15,20,28H,2-4,12-14,16H2,1H3,(H,27,30). The van der Waals surface area contributed by atoms with E-state index in [0.717, 1.165) is 63.0 Å².